The molecule has 0 amide bonds. The van der Waals surface area contributed by atoms with Gasteiger partial charge in [-0.15, -0.1) is 0 Å². The van der Waals surface area contributed by atoms with E-state index in [2.05, 4.69) is 12.1 Å². The first-order valence-electron chi connectivity index (χ1n) is 8.59. The third-order valence-corrected chi connectivity index (χ3v) is 4.58. The molecule has 2 heteroatoms. The molecule has 0 aliphatic heterocycles. The van der Waals surface area contributed by atoms with Crippen LogP contribution in [0.5, 0.6) is 11.5 Å². The van der Waals surface area contributed by atoms with Crippen molar-refractivity contribution in [1.82, 2.24) is 0 Å². The number of ether oxygens (including phenoxy) is 2. The molecule has 0 fully saturated rings. The van der Waals surface area contributed by atoms with Crippen LogP contribution in [0.25, 0.3) is 0 Å². The molecule has 2 bridgehead atoms. The second kappa shape index (κ2) is 8.96. The van der Waals surface area contributed by atoms with Gasteiger partial charge in [-0.2, -0.15) is 0 Å². The van der Waals surface area contributed by atoms with Gasteiger partial charge in [-0.25, -0.2) is 0 Å². The summed E-state index contributed by atoms with van der Waals surface area (Å²) in [6, 6.07) is 4.40. The van der Waals surface area contributed by atoms with Gasteiger partial charge in [-0.05, 0) is 48.9 Å². The number of aryl methyl sites for hydroxylation is 2. The number of hydrogen-bond donors (Lipinski definition) is 0. The van der Waals surface area contributed by atoms with E-state index < -0.39 is 0 Å². The number of rotatable bonds is 2. The Bertz CT molecular complexity index is 386. The third-order valence-electron chi connectivity index (χ3n) is 4.58. The van der Waals surface area contributed by atoms with Gasteiger partial charge in [0.1, 0.15) is 11.5 Å². The summed E-state index contributed by atoms with van der Waals surface area (Å²) in [5.41, 5.74) is 2.60. The van der Waals surface area contributed by atoms with Gasteiger partial charge in [-0.1, -0.05) is 44.9 Å². The van der Waals surface area contributed by atoms with Crippen LogP contribution in [-0.4, -0.2) is 14.2 Å². The van der Waals surface area contributed by atoms with E-state index in [-0.39, 0.29) is 0 Å². The number of methoxy groups -OCH3 is 2. The van der Waals surface area contributed by atoms with Gasteiger partial charge < -0.3 is 9.47 Å². The van der Waals surface area contributed by atoms with Crippen LogP contribution in [0, 0.1) is 0 Å². The summed E-state index contributed by atoms with van der Waals surface area (Å²) in [5.74, 6) is 2.08. The van der Waals surface area contributed by atoms with E-state index in [0.29, 0.717) is 0 Å². The molecule has 0 saturated carbocycles. The quantitative estimate of drug-likeness (QED) is 0.734. The molecule has 0 heterocycles. The monoisotopic (exact) mass is 290 g/mol. The lowest BCUT2D eigenvalue weighted by Crippen LogP contribution is -1.99. The standard InChI is InChI=1S/C19H30O2/c1-20-18-14-17-13-11-9-7-5-3-4-6-8-10-12-16(18)15-19(17)21-2/h14-15H,3-13H2,1-2H3. The molecule has 2 aliphatic rings. The lowest BCUT2D eigenvalue weighted by molar-refractivity contribution is 0.393. The van der Waals surface area contributed by atoms with Crippen molar-refractivity contribution >= 4 is 0 Å². The molecule has 0 atom stereocenters. The van der Waals surface area contributed by atoms with Crippen molar-refractivity contribution in [1.29, 1.82) is 0 Å². The summed E-state index contributed by atoms with van der Waals surface area (Å²) in [7, 11) is 3.56. The molecule has 0 radical (unpaired) electrons. The fourth-order valence-electron chi connectivity index (χ4n) is 3.28. The summed E-state index contributed by atoms with van der Waals surface area (Å²) in [6.07, 6.45) is 14.3. The van der Waals surface area contributed by atoms with Crippen LogP contribution in [0.3, 0.4) is 0 Å². The van der Waals surface area contributed by atoms with Crippen molar-refractivity contribution in [3.05, 3.63) is 23.3 Å². The van der Waals surface area contributed by atoms with Crippen LogP contribution in [-0.2, 0) is 12.8 Å². The topological polar surface area (TPSA) is 18.5 Å². The van der Waals surface area contributed by atoms with E-state index >= 15 is 0 Å². The maximum Gasteiger partial charge on any atom is 0.122 e. The van der Waals surface area contributed by atoms with E-state index in [1.807, 2.05) is 0 Å². The molecule has 0 unspecified atom stereocenters. The lowest BCUT2D eigenvalue weighted by atomic mass is 10.00. The average Bonchev–Trinajstić information content (AvgIpc) is 2.53. The van der Waals surface area contributed by atoms with Gasteiger partial charge in [0.25, 0.3) is 0 Å². The fraction of sp³-hybridized carbons (Fsp3) is 0.684. The largest absolute Gasteiger partial charge is 0.496 e. The van der Waals surface area contributed by atoms with E-state index in [1.54, 1.807) is 14.2 Å². The van der Waals surface area contributed by atoms with Crippen molar-refractivity contribution in [3.8, 4) is 11.5 Å². The minimum absolute atomic E-state index is 1.04. The van der Waals surface area contributed by atoms with Gasteiger partial charge in [0.2, 0.25) is 0 Å². The Morgan fingerprint density at radius 2 is 0.905 bits per heavy atom. The summed E-state index contributed by atoms with van der Waals surface area (Å²) in [4.78, 5) is 0. The van der Waals surface area contributed by atoms with Crippen LogP contribution >= 0.6 is 0 Å². The molecule has 0 N–H and O–H groups in total. The van der Waals surface area contributed by atoms with Crippen LogP contribution in [0.1, 0.15) is 68.9 Å². The highest BCUT2D eigenvalue weighted by atomic mass is 16.5. The zero-order valence-corrected chi connectivity index (χ0v) is 13.7. The molecular formula is C19H30O2. The summed E-state index contributed by atoms with van der Waals surface area (Å²) in [5, 5.41) is 0. The van der Waals surface area contributed by atoms with E-state index in [0.717, 1.165) is 24.3 Å². The van der Waals surface area contributed by atoms with Crippen LogP contribution in [0.4, 0.5) is 0 Å². The fourth-order valence-corrected chi connectivity index (χ4v) is 3.28. The predicted octanol–water partition coefficient (Wildman–Crippen LogP) is 5.31. The Labute approximate surface area is 129 Å². The van der Waals surface area contributed by atoms with E-state index in [9.17, 15) is 0 Å². The lowest BCUT2D eigenvalue weighted by Gasteiger charge is -2.15. The van der Waals surface area contributed by atoms with Gasteiger partial charge in [0.05, 0.1) is 14.2 Å². The smallest absolute Gasteiger partial charge is 0.122 e. The molecule has 3 rings (SSSR count). The Balaban J connectivity index is 2.16. The predicted molar refractivity (Wildman–Crippen MR) is 88.5 cm³/mol. The number of hydrogen-bond acceptors (Lipinski definition) is 2. The van der Waals surface area contributed by atoms with E-state index in [1.165, 1.54) is 68.9 Å². The second-order valence-electron chi connectivity index (χ2n) is 6.16. The van der Waals surface area contributed by atoms with Gasteiger partial charge in [-0.3, -0.25) is 0 Å². The summed E-state index contributed by atoms with van der Waals surface area (Å²) in [6.45, 7) is 0. The normalized spacial score (nSPS) is 17.8. The second-order valence-corrected chi connectivity index (χ2v) is 6.16. The minimum atomic E-state index is 1.04. The van der Waals surface area contributed by atoms with Crippen molar-refractivity contribution in [2.75, 3.05) is 14.2 Å². The highest BCUT2D eigenvalue weighted by Gasteiger charge is 2.11. The van der Waals surface area contributed by atoms with Crippen LogP contribution < -0.4 is 9.47 Å². The molecule has 1 aromatic carbocycles. The first-order chi connectivity index (χ1) is 10.3. The summed E-state index contributed by atoms with van der Waals surface area (Å²) >= 11 is 0. The van der Waals surface area contributed by atoms with Crippen LogP contribution in [0.2, 0.25) is 0 Å². The maximum absolute atomic E-state index is 5.61. The third kappa shape index (κ3) is 4.94. The SMILES string of the molecule is COc1cc2c(OC)cc1CCCCCCCCCCC2. The Hall–Kier alpha value is -1.18. The summed E-state index contributed by atoms with van der Waals surface area (Å²) < 4.78 is 11.2. The average molecular weight is 290 g/mol. The molecule has 2 nitrogen and oxygen atoms in total. The maximum atomic E-state index is 5.61. The minimum Gasteiger partial charge on any atom is -0.496 e. The van der Waals surface area contributed by atoms with Gasteiger partial charge >= 0.3 is 0 Å². The van der Waals surface area contributed by atoms with Crippen LogP contribution in [0.15, 0.2) is 12.1 Å². The first kappa shape index (κ1) is 16.2. The van der Waals surface area contributed by atoms with E-state index in [4.69, 9.17) is 9.47 Å². The van der Waals surface area contributed by atoms with Crippen molar-refractivity contribution in [2.45, 2.75) is 70.6 Å². The molecule has 2 aliphatic carbocycles. The molecule has 0 saturated heterocycles. The zero-order valence-electron chi connectivity index (χ0n) is 13.7. The number of fused-ring (bicyclic) bond motifs is 12. The highest BCUT2D eigenvalue weighted by molar-refractivity contribution is 5.46. The molecule has 118 valence electrons. The molecule has 0 spiro atoms. The van der Waals surface area contributed by atoms with Gasteiger partial charge in [0.15, 0.2) is 0 Å². The van der Waals surface area contributed by atoms with Gasteiger partial charge in [0, 0.05) is 0 Å². The molecule has 1 aromatic rings. The zero-order chi connectivity index (χ0) is 14.9. The van der Waals surface area contributed by atoms with Crippen molar-refractivity contribution in [3.63, 3.8) is 0 Å². The highest BCUT2D eigenvalue weighted by Crippen LogP contribution is 2.31. The van der Waals surface area contributed by atoms with Crippen molar-refractivity contribution in [2.24, 2.45) is 0 Å². The molecular weight excluding hydrogens is 260 g/mol. The molecule has 21 heavy (non-hydrogen) atoms. The first-order valence-corrected chi connectivity index (χ1v) is 8.59. The van der Waals surface area contributed by atoms with Crippen molar-refractivity contribution < 1.29 is 9.47 Å². The molecule has 0 aromatic heterocycles. The Morgan fingerprint density at radius 1 is 0.571 bits per heavy atom. The Morgan fingerprint density at radius 3 is 1.24 bits per heavy atom. The Kier molecular flexibility index (Phi) is 6.91. The number of benzene rings is 1.